The molecule has 10 heterocycles. The molecular weight excluding hydrogens is 921 g/mol. The van der Waals surface area contributed by atoms with E-state index in [2.05, 4.69) is 207 Å². The molecular formula is C62H36N8S2. The summed E-state index contributed by atoms with van der Waals surface area (Å²) in [6, 6.07) is 67.8. The van der Waals surface area contributed by atoms with E-state index < -0.39 is 0 Å². The van der Waals surface area contributed by atoms with E-state index in [1.165, 1.54) is 41.0 Å². The van der Waals surface area contributed by atoms with Gasteiger partial charge in [0.25, 0.3) is 0 Å². The van der Waals surface area contributed by atoms with Gasteiger partial charge in [0.2, 0.25) is 0 Å². The van der Waals surface area contributed by atoms with Crippen LogP contribution in [0.3, 0.4) is 0 Å². The summed E-state index contributed by atoms with van der Waals surface area (Å²) in [4.78, 5) is 31.4. The molecule has 0 saturated heterocycles. The van der Waals surface area contributed by atoms with Gasteiger partial charge in [-0.15, -0.1) is 22.7 Å². The van der Waals surface area contributed by atoms with Crippen molar-refractivity contribution in [1.29, 1.82) is 0 Å². The summed E-state index contributed by atoms with van der Waals surface area (Å²) < 4.78 is 6.89. The Morgan fingerprint density at radius 3 is 1.46 bits per heavy atom. The molecule has 0 N–H and O–H groups in total. The summed E-state index contributed by atoms with van der Waals surface area (Å²) in [6.07, 6.45) is 7.87. The lowest BCUT2D eigenvalue weighted by atomic mass is 10.0. The molecule has 0 fully saturated rings. The van der Waals surface area contributed by atoms with Crippen molar-refractivity contribution in [2.45, 2.75) is 0 Å². The molecule has 0 bridgehead atoms. The zero-order chi connectivity index (χ0) is 47.3. The Morgan fingerprint density at radius 1 is 0.306 bits per heavy atom. The lowest BCUT2D eigenvalue weighted by Gasteiger charge is -2.07. The molecule has 0 amide bonds. The first kappa shape index (κ1) is 40.6. The van der Waals surface area contributed by atoms with Crippen LogP contribution >= 0.6 is 22.7 Å². The molecule has 0 aliphatic carbocycles. The lowest BCUT2D eigenvalue weighted by molar-refractivity contribution is 1.24. The van der Waals surface area contributed by atoms with Gasteiger partial charge in [-0.2, -0.15) is 0 Å². The molecule has 10 heteroatoms. The number of imidazole rings is 2. The van der Waals surface area contributed by atoms with Gasteiger partial charge in [0, 0.05) is 77.6 Å². The third-order valence-electron chi connectivity index (χ3n) is 13.8. The van der Waals surface area contributed by atoms with Crippen molar-refractivity contribution < 1.29 is 0 Å². The Bertz CT molecular complexity index is 4810. The topological polar surface area (TPSA) is 86.2 Å². The minimum atomic E-state index is 0.937. The van der Waals surface area contributed by atoms with Crippen molar-refractivity contribution in [3.63, 3.8) is 0 Å². The molecule has 10 aromatic heterocycles. The van der Waals surface area contributed by atoms with E-state index in [1.54, 1.807) is 22.7 Å². The number of rotatable bonds is 4. The maximum Gasteiger partial charge on any atom is 0.139 e. The maximum atomic E-state index is 4.99. The third kappa shape index (κ3) is 6.65. The highest BCUT2D eigenvalue weighted by atomic mass is 32.1. The van der Waals surface area contributed by atoms with Crippen molar-refractivity contribution in [3.8, 4) is 44.8 Å². The Balaban J connectivity index is 0.000000128. The predicted molar refractivity (Wildman–Crippen MR) is 299 cm³/mol. The number of fused-ring (bicyclic) bond motifs is 16. The van der Waals surface area contributed by atoms with Gasteiger partial charge in [-0.25, -0.2) is 19.9 Å². The molecule has 72 heavy (non-hydrogen) atoms. The van der Waals surface area contributed by atoms with E-state index in [-0.39, 0.29) is 0 Å². The molecule has 0 spiro atoms. The van der Waals surface area contributed by atoms with Gasteiger partial charge in [-0.05, 0) is 89.0 Å². The Morgan fingerprint density at radius 2 is 0.806 bits per heavy atom. The quantitative estimate of drug-likeness (QED) is 0.163. The van der Waals surface area contributed by atoms with Gasteiger partial charge < -0.3 is 0 Å². The van der Waals surface area contributed by atoms with Gasteiger partial charge in [-0.1, -0.05) is 127 Å². The second-order valence-electron chi connectivity index (χ2n) is 18.0. The average molecular weight is 957 g/mol. The van der Waals surface area contributed by atoms with Gasteiger partial charge in [0.1, 0.15) is 32.0 Å². The van der Waals surface area contributed by atoms with Crippen LogP contribution in [0.4, 0.5) is 0 Å². The summed E-state index contributed by atoms with van der Waals surface area (Å²) in [5, 5.41) is 6.83. The number of benzene rings is 6. The van der Waals surface area contributed by atoms with Crippen molar-refractivity contribution in [3.05, 3.63) is 219 Å². The largest absolute Gasteiger partial charge is 0.291 e. The van der Waals surface area contributed by atoms with Gasteiger partial charge in [0.05, 0.1) is 33.5 Å². The van der Waals surface area contributed by atoms with E-state index in [4.69, 9.17) is 19.9 Å². The maximum absolute atomic E-state index is 4.99. The van der Waals surface area contributed by atoms with Crippen LogP contribution in [0.15, 0.2) is 219 Å². The highest BCUT2D eigenvalue weighted by molar-refractivity contribution is 7.25. The van der Waals surface area contributed by atoms with Crippen LogP contribution in [0.25, 0.3) is 141 Å². The van der Waals surface area contributed by atoms with Crippen LogP contribution in [-0.4, -0.2) is 38.7 Å². The van der Waals surface area contributed by atoms with Crippen LogP contribution < -0.4 is 0 Å². The fourth-order valence-corrected chi connectivity index (χ4v) is 12.3. The second-order valence-corrected chi connectivity index (χ2v) is 20.0. The molecule has 0 unspecified atom stereocenters. The average Bonchev–Trinajstić information content (AvgIpc) is 4.21. The van der Waals surface area contributed by atoms with E-state index >= 15 is 0 Å². The van der Waals surface area contributed by atoms with Gasteiger partial charge >= 0.3 is 0 Å². The molecule has 8 nitrogen and oxygen atoms in total. The Kier molecular flexibility index (Phi) is 9.13. The summed E-state index contributed by atoms with van der Waals surface area (Å²) >= 11 is 3.58. The van der Waals surface area contributed by atoms with Crippen molar-refractivity contribution >= 4 is 118 Å². The lowest BCUT2D eigenvalue weighted by Crippen LogP contribution is -1.89. The zero-order valence-electron chi connectivity index (χ0n) is 38.2. The van der Waals surface area contributed by atoms with Gasteiger partial charge in [-0.3, -0.25) is 18.8 Å². The summed E-state index contributed by atoms with van der Waals surface area (Å²) in [5.74, 6) is 0. The number of aromatic nitrogens is 8. The Labute approximate surface area is 418 Å². The SMILES string of the molecule is c1cnc2c(c1)ccc1ccc(-c3ccc(-c4ccc5sc6c(nc7ccccn76)c5c4)cc3)nc12.c1cnc2c(c1)ccc1ccc(-c3ccc(-c4ccn5c(c4)nc4c6ccccc6sc45)cc3)nc12. The fraction of sp³-hybridized carbons (Fsp3) is 0. The summed E-state index contributed by atoms with van der Waals surface area (Å²) in [7, 11) is 0. The van der Waals surface area contributed by atoms with E-state index in [1.807, 2.05) is 30.6 Å². The van der Waals surface area contributed by atoms with E-state index in [0.717, 1.165) is 99.6 Å². The van der Waals surface area contributed by atoms with Gasteiger partial charge in [0.15, 0.2) is 0 Å². The third-order valence-corrected chi connectivity index (χ3v) is 16.1. The summed E-state index contributed by atoms with van der Waals surface area (Å²) in [5.41, 5.74) is 16.6. The van der Waals surface area contributed by atoms with Crippen LogP contribution in [0.1, 0.15) is 0 Å². The van der Waals surface area contributed by atoms with Crippen LogP contribution in [0.5, 0.6) is 0 Å². The molecule has 6 aromatic carbocycles. The highest BCUT2D eigenvalue weighted by Crippen LogP contribution is 2.38. The number of hydrogen-bond donors (Lipinski definition) is 0. The van der Waals surface area contributed by atoms with E-state index in [0.29, 0.717) is 0 Å². The molecule has 0 radical (unpaired) electrons. The van der Waals surface area contributed by atoms with Crippen LogP contribution in [-0.2, 0) is 0 Å². The van der Waals surface area contributed by atoms with Crippen molar-refractivity contribution in [2.24, 2.45) is 0 Å². The number of pyridine rings is 6. The smallest absolute Gasteiger partial charge is 0.139 e. The molecule has 0 atom stereocenters. The molecule has 0 aliphatic heterocycles. The molecule has 16 rings (SSSR count). The minimum absolute atomic E-state index is 0.937. The highest BCUT2D eigenvalue weighted by Gasteiger charge is 2.15. The summed E-state index contributed by atoms with van der Waals surface area (Å²) in [6.45, 7) is 0. The predicted octanol–water partition coefficient (Wildman–Crippen LogP) is 16.3. The monoisotopic (exact) mass is 956 g/mol. The number of nitrogens with zero attached hydrogens (tertiary/aromatic N) is 8. The Hall–Kier alpha value is -9.22. The van der Waals surface area contributed by atoms with Crippen molar-refractivity contribution in [1.82, 2.24) is 38.7 Å². The fourth-order valence-electron chi connectivity index (χ4n) is 10.1. The van der Waals surface area contributed by atoms with Crippen LogP contribution in [0.2, 0.25) is 0 Å². The standard InChI is InChI=1S/2C31H18N4S/c1-2-17-35-27(5-1)34-30-24-18-23(13-15-26(24)36-31(30)35)19-6-8-20(9-7-19)25-14-12-22-11-10-21-4-3-16-32-28(21)29(22)33-25;1-2-6-26-24(5-1)30-31(36-26)35-17-15-23(18-27(35)34-30)19-7-9-20(10-8-19)25-14-13-22-12-11-21-4-3-16-32-28(21)29(22)33-25/h2*1-18H. The second kappa shape index (κ2) is 16.2. The molecule has 16 aromatic rings. The van der Waals surface area contributed by atoms with E-state index in [9.17, 15) is 0 Å². The van der Waals surface area contributed by atoms with Crippen molar-refractivity contribution in [2.75, 3.05) is 0 Å². The normalized spacial score (nSPS) is 11.9. The first-order valence-electron chi connectivity index (χ1n) is 23.7. The molecule has 0 saturated carbocycles. The minimum Gasteiger partial charge on any atom is -0.291 e. The van der Waals surface area contributed by atoms with Crippen LogP contribution in [0, 0.1) is 0 Å². The molecule has 0 aliphatic rings. The number of hydrogen-bond acceptors (Lipinski definition) is 8. The number of thiophene rings is 2. The molecule has 336 valence electrons. The first-order valence-corrected chi connectivity index (χ1v) is 25.4. The zero-order valence-corrected chi connectivity index (χ0v) is 39.8. The first-order chi connectivity index (χ1) is 35.6.